The van der Waals surface area contributed by atoms with E-state index in [9.17, 15) is 9.50 Å². The zero-order valence-electron chi connectivity index (χ0n) is 9.43. The van der Waals surface area contributed by atoms with Gasteiger partial charge in [-0.25, -0.2) is 4.39 Å². The summed E-state index contributed by atoms with van der Waals surface area (Å²) in [6, 6.07) is 3.93. The Morgan fingerprint density at radius 2 is 2.38 bits per heavy atom. The van der Waals surface area contributed by atoms with Crippen molar-refractivity contribution in [2.75, 3.05) is 18.0 Å². The summed E-state index contributed by atoms with van der Waals surface area (Å²) in [6.45, 7) is 3.00. The first-order valence-corrected chi connectivity index (χ1v) is 5.72. The summed E-state index contributed by atoms with van der Waals surface area (Å²) in [7, 11) is 0. The van der Waals surface area contributed by atoms with Crippen molar-refractivity contribution < 1.29 is 9.50 Å². The molecular formula is C12H17FN2O. The molecule has 0 aliphatic carbocycles. The van der Waals surface area contributed by atoms with E-state index < -0.39 is 12.3 Å². The van der Waals surface area contributed by atoms with Crippen molar-refractivity contribution >= 4 is 5.69 Å². The molecule has 0 spiro atoms. The normalized spacial score (nSPS) is 25.8. The maximum absolute atomic E-state index is 13.3. The van der Waals surface area contributed by atoms with Crippen LogP contribution in [-0.4, -0.2) is 35.5 Å². The summed E-state index contributed by atoms with van der Waals surface area (Å²) >= 11 is 0. The van der Waals surface area contributed by atoms with Gasteiger partial charge in [0.25, 0.3) is 0 Å². The monoisotopic (exact) mass is 224 g/mol. The van der Waals surface area contributed by atoms with E-state index >= 15 is 0 Å². The molecule has 0 aromatic carbocycles. The summed E-state index contributed by atoms with van der Waals surface area (Å²) in [5.74, 6) is 0. The third-order valence-electron chi connectivity index (χ3n) is 3.04. The van der Waals surface area contributed by atoms with Crippen LogP contribution in [0.5, 0.6) is 0 Å². The molecule has 1 fully saturated rings. The number of aliphatic hydroxyl groups excluding tert-OH is 1. The molecule has 1 saturated heterocycles. The van der Waals surface area contributed by atoms with Gasteiger partial charge in [0, 0.05) is 12.2 Å². The molecule has 88 valence electrons. The van der Waals surface area contributed by atoms with Crippen molar-refractivity contribution in [1.82, 2.24) is 4.98 Å². The molecule has 0 radical (unpaired) electrons. The summed E-state index contributed by atoms with van der Waals surface area (Å²) in [4.78, 5) is 6.22. The predicted molar refractivity (Wildman–Crippen MR) is 61.3 cm³/mol. The maximum Gasteiger partial charge on any atom is 0.143 e. The topological polar surface area (TPSA) is 36.4 Å². The molecule has 4 heteroatoms. The highest BCUT2D eigenvalue weighted by molar-refractivity contribution is 5.45. The fraction of sp³-hybridized carbons (Fsp3) is 0.583. The smallest absolute Gasteiger partial charge is 0.143 e. The Bertz CT molecular complexity index is 341. The van der Waals surface area contributed by atoms with E-state index in [4.69, 9.17) is 0 Å². The average Bonchev–Trinajstić information content (AvgIpc) is 2.33. The number of aryl methyl sites for hydroxylation is 1. The van der Waals surface area contributed by atoms with E-state index in [2.05, 4.69) is 11.9 Å². The second-order valence-corrected chi connectivity index (χ2v) is 4.18. The molecule has 1 aromatic heterocycles. The number of pyridine rings is 1. The highest BCUT2D eigenvalue weighted by Crippen LogP contribution is 2.21. The molecule has 0 amide bonds. The highest BCUT2D eigenvalue weighted by Gasteiger charge is 2.27. The Morgan fingerprint density at radius 3 is 2.94 bits per heavy atom. The van der Waals surface area contributed by atoms with Gasteiger partial charge in [0.2, 0.25) is 0 Å². The van der Waals surface area contributed by atoms with Crippen molar-refractivity contribution in [3.8, 4) is 0 Å². The van der Waals surface area contributed by atoms with Crippen molar-refractivity contribution in [3.63, 3.8) is 0 Å². The number of hydrogen-bond acceptors (Lipinski definition) is 3. The van der Waals surface area contributed by atoms with Crippen LogP contribution >= 0.6 is 0 Å². The summed E-state index contributed by atoms with van der Waals surface area (Å²) in [6.07, 6.45) is 1.21. The van der Waals surface area contributed by atoms with Crippen molar-refractivity contribution in [2.45, 2.75) is 32.0 Å². The van der Waals surface area contributed by atoms with Crippen LogP contribution in [0.2, 0.25) is 0 Å². The van der Waals surface area contributed by atoms with Crippen LogP contribution in [0.25, 0.3) is 0 Å². The van der Waals surface area contributed by atoms with E-state index in [1.54, 1.807) is 6.20 Å². The van der Waals surface area contributed by atoms with Crippen LogP contribution in [0.1, 0.15) is 19.0 Å². The zero-order chi connectivity index (χ0) is 11.5. The SMILES string of the molecule is CCc1ccc(N2CC[C@@H](O)[C@H](F)C2)cn1. The number of nitrogens with zero attached hydrogens (tertiary/aromatic N) is 2. The van der Waals surface area contributed by atoms with Gasteiger partial charge in [0.15, 0.2) is 0 Å². The molecule has 16 heavy (non-hydrogen) atoms. The minimum Gasteiger partial charge on any atom is -0.390 e. The van der Waals surface area contributed by atoms with Crippen LogP contribution in [-0.2, 0) is 6.42 Å². The van der Waals surface area contributed by atoms with Gasteiger partial charge in [-0.3, -0.25) is 4.98 Å². The van der Waals surface area contributed by atoms with Crippen LogP contribution in [0, 0.1) is 0 Å². The summed E-state index contributed by atoms with van der Waals surface area (Å²) in [5, 5.41) is 9.31. The largest absolute Gasteiger partial charge is 0.390 e. The molecule has 0 saturated carbocycles. The maximum atomic E-state index is 13.3. The minimum absolute atomic E-state index is 0.258. The lowest BCUT2D eigenvalue weighted by molar-refractivity contribution is 0.0615. The van der Waals surface area contributed by atoms with Crippen molar-refractivity contribution in [3.05, 3.63) is 24.0 Å². The highest BCUT2D eigenvalue weighted by atomic mass is 19.1. The average molecular weight is 224 g/mol. The molecule has 3 nitrogen and oxygen atoms in total. The Kier molecular flexibility index (Phi) is 3.39. The lowest BCUT2D eigenvalue weighted by Gasteiger charge is -2.33. The number of alkyl halides is 1. The molecule has 1 aliphatic rings. The second kappa shape index (κ2) is 4.78. The molecule has 1 aromatic rings. The van der Waals surface area contributed by atoms with Gasteiger partial charge in [0.05, 0.1) is 24.5 Å². The fourth-order valence-corrected chi connectivity index (χ4v) is 1.94. The van der Waals surface area contributed by atoms with Gasteiger partial charge in [-0.15, -0.1) is 0 Å². The van der Waals surface area contributed by atoms with E-state index in [-0.39, 0.29) is 6.54 Å². The Balaban J connectivity index is 2.06. The second-order valence-electron chi connectivity index (χ2n) is 4.18. The number of aliphatic hydroxyl groups is 1. The van der Waals surface area contributed by atoms with Crippen LogP contribution in [0.4, 0.5) is 10.1 Å². The number of hydrogen-bond donors (Lipinski definition) is 1. The lowest BCUT2D eigenvalue weighted by atomic mass is 10.1. The third-order valence-corrected chi connectivity index (χ3v) is 3.04. The van der Waals surface area contributed by atoms with Crippen molar-refractivity contribution in [1.29, 1.82) is 0 Å². The fourth-order valence-electron chi connectivity index (χ4n) is 1.94. The first-order chi connectivity index (χ1) is 7.70. The molecule has 0 bridgehead atoms. The zero-order valence-corrected chi connectivity index (χ0v) is 9.43. The third kappa shape index (κ3) is 2.32. The molecule has 2 heterocycles. The Hall–Kier alpha value is -1.16. The van der Waals surface area contributed by atoms with Crippen LogP contribution < -0.4 is 4.90 Å². The number of anilines is 1. The standard InChI is InChI=1S/C12H17FN2O/c1-2-9-3-4-10(7-14-9)15-6-5-12(16)11(13)8-15/h3-4,7,11-12,16H,2,5-6,8H2,1H3/t11-,12-/m1/s1. The Labute approximate surface area is 94.9 Å². The molecule has 1 aliphatic heterocycles. The number of piperidine rings is 1. The molecular weight excluding hydrogens is 207 g/mol. The van der Waals surface area contributed by atoms with E-state index in [0.717, 1.165) is 17.8 Å². The minimum atomic E-state index is -1.15. The lowest BCUT2D eigenvalue weighted by Crippen LogP contribution is -2.44. The molecule has 0 unspecified atom stereocenters. The van der Waals surface area contributed by atoms with E-state index in [1.165, 1.54) is 0 Å². The number of halogens is 1. The first-order valence-electron chi connectivity index (χ1n) is 5.72. The van der Waals surface area contributed by atoms with Gasteiger partial charge in [-0.2, -0.15) is 0 Å². The van der Waals surface area contributed by atoms with Gasteiger partial charge in [-0.05, 0) is 25.0 Å². The first kappa shape index (κ1) is 11.3. The molecule has 2 rings (SSSR count). The predicted octanol–water partition coefficient (Wildman–Crippen LogP) is 1.55. The number of rotatable bonds is 2. The van der Waals surface area contributed by atoms with E-state index in [0.29, 0.717) is 13.0 Å². The van der Waals surface area contributed by atoms with Gasteiger partial charge in [-0.1, -0.05) is 6.92 Å². The van der Waals surface area contributed by atoms with Crippen molar-refractivity contribution in [2.24, 2.45) is 0 Å². The quantitative estimate of drug-likeness (QED) is 0.828. The van der Waals surface area contributed by atoms with Gasteiger partial charge >= 0.3 is 0 Å². The van der Waals surface area contributed by atoms with Gasteiger partial charge in [0.1, 0.15) is 6.17 Å². The molecule has 2 atom stereocenters. The summed E-state index contributed by atoms with van der Waals surface area (Å²) in [5.41, 5.74) is 1.98. The summed E-state index contributed by atoms with van der Waals surface area (Å²) < 4.78 is 13.3. The van der Waals surface area contributed by atoms with Gasteiger partial charge < -0.3 is 10.0 Å². The van der Waals surface area contributed by atoms with Crippen LogP contribution in [0.3, 0.4) is 0 Å². The molecule has 1 N–H and O–H groups in total. The van der Waals surface area contributed by atoms with Crippen LogP contribution in [0.15, 0.2) is 18.3 Å². The Morgan fingerprint density at radius 1 is 1.56 bits per heavy atom. The van der Waals surface area contributed by atoms with E-state index in [1.807, 2.05) is 17.0 Å². The number of aromatic nitrogens is 1.